The molecule has 0 saturated heterocycles. The highest BCUT2D eigenvalue weighted by molar-refractivity contribution is 5.76. The molecule has 0 aromatic heterocycles. The lowest BCUT2D eigenvalue weighted by atomic mass is 9.99. The Kier molecular flexibility index (Phi) is 5.16. The van der Waals surface area contributed by atoms with Gasteiger partial charge in [0.15, 0.2) is 0 Å². The second-order valence-electron chi connectivity index (χ2n) is 4.93. The second-order valence-corrected chi connectivity index (χ2v) is 4.93. The highest BCUT2D eigenvalue weighted by Gasteiger charge is 1.99. The van der Waals surface area contributed by atoms with Gasteiger partial charge < -0.3 is 5.32 Å². The van der Waals surface area contributed by atoms with Gasteiger partial charge in [0.2, 0.25) is 0 Å². The van der Waals surface area contributed by atoms with Crippen molar-refractivity contribution in [3.05, 3.63) is 90.7 Å². The Morgan fingerprint density at radius 3 is 2.43 bits per heavy atom. The summed E-state index contributed by atoms with van der Waals surface area (Å²) in [5.74, 6) is 0. The molecule has 2 rings (SSSR count). The van der Waals surface area contributed by atoms with Crippen molar-refractivity contribution in [1.29, 1.82) is 0 Å². The first kappa shape index (κ1) is 14.9. The van der Waals surface area contributed by atoms with Gasteiger partial charge in [-0.3, -0.25) is 0 Å². The quantitative estimate of drug-likeness (QED) is 0.753. The second kappa shape index (κ2) is 7.30. The molecule has 0 amide bonds. The van der Waals surface area contributed by atoms with Crippen LogP contribution in [0.4, 0.5) is 0 Å². The van der Waals surface area contributed by atoms with Crippen LogP contribution in [0, 0.1) is 0 Å². The van der Waals surface area contributed by atoms with Crippen LogP contribution in [0.1, 0.15) is 12.5 Å². The van der Waals surface area contributed by atoms with E-state index in [1.807, 2.05) is 38.3 Å². The van der Waals surface area contributed by atoms with E-state index in [1.54, 1.807) is 0 Å². The number of rotatable bonds is 5. The highest BCUT2D eigenvalue weighted by atomic mass is 14.8. The Morgan fingerprint density at radius 2 is 1.71 bits per heavy atom. The van der Waals surface area contributed by atoms with Crippen LogP contribution >= 0.6 is 0 Å². The molecule has 0 atom stereocenters. The van der Waals surface area contributed by atoms with Crippen LogP contribution in [-0.4, -0.2) is 7.05 Å². The molecular weight excluding hydrogens is 254 g/mol. The molecule has 1 heteroatoms. The molecule has 106 valence electrons. The minimum Gasteiger partial charge on any atom is -0.392 e. The zero-order valence-electron chi connectivity index (χ0n) is 12.6. The third-order valence-corrected chi connectivity index (χ3v) is 3.38. The molecule has 0 fully saturated rings. The van der Waals surface area contributed by atoms with Gasteiger partial charge in [0, 0.05) is 12.7 Å². The predicted molar refractivity (Wildman–Crippen MR) is 92.9 cm³/mol. The van der Waals surface area contributed by atoms with Crippen LogP contribution in [0.25, 0.3) is 16.7 Å². The molecule has 0 spiro atoms. The maximum Gasteiger partial charge on any atom is 0.00724 e. The molecule has 0 heterocycles. The van der Waals surface area contributed by atoms with Gasteiger partial charge in [-0.2, -0.15) is 0 Å². The van der Waals surface area contributed by atoms with E-state index >= 15 is 0 Å². The van der Waals surface area contributed by atoms with Crippen LogP contribution in [-0.2, 0) is 0 Å². The van der Waals surface area contributed by atoms with Crippen molar-refractivity contribution in [3.63, 3.8) is 0 Å². The lowest BCUT2D eigenvalue weighted by Gasteiger charge is -2.05. The molecule has 1 N–H and O–H groups in total. The van der Waals surface area contributed by atoms with Crippen molar-refractivity contribution in [2.75, 3.05) is 7.05 Å². The topological polar surface area (TPSA) is 12.0 Å². The summed E-state index contributed by atoms with van der Waals surface area (Å²) in [6.45, 7) is 6.18. The number of benzene rings is 2. The van der Waals surface area contributed by atoms with E-state index in [9.17, 15) is 0 Å². The molecule has 0 aliphatic rings. The van der Waals surface area contributed by atoms with Crippen LogP contribution in [0.3, 0.4) is 0 Å². The lowest BCUT2D eigenvalue weighted by Crippen LogP contribution is -2.00. The maximum atomic E-state index is 4.15. The molecule has 0 bridgehead atoms. The number of hydrogen-bond donors (Lipinski definition) is 1. The van der Waals surface area contributed by atoms with Crippen molar-refractivity contribution in [3.8, 4) is 11.1 Å². The molecule has 1 nitrogen and oxygen atoms in total. The Hall–Kier alpha value is -2.54. The fourth-order valence-corrected chi connectivity index (χ4v) is 2.02. The van der Waals surface area contributed by atoms with E-state index < -0.39 is 0 Å². The van der Waals surface area contributed by atoms with Gasteiger partial charge in [-0.1, -0.05) is 67.3 Å². The van der Waals surface area contributed by atoms with Crippen LogP contribution in [0.2, 0.25) is 0 Å². The number of nitrogens with one attached hydrogen (secondary N) is 1. The van der Waals surface area contributed by atoms with Gasteiger partial charge in [0.05, 0.1) is 0 Å². The Morgan fingerprint density at radius 1 is 1.00 bits per heavy atom. The van der Waals surface area contributed by atoms with Gasteiger partial charge >= 0.3 is 0 Å². The molecular formula is C20H21N. The highest BCUT2D eigenvalue weighted by Crippen LogP contribution is 2.23. The van der Waals surface area contributed by atoms with E-state index in [-0.39, 0.29) is 0 Å². The molecule has 0 saturated carbocycles. The first-order valence-corrected chi connectivity index (χ1v) is 7.08. The molecule has 0 aliphatic heterocycles. The molecule has 0 unspecified atom stereocenters. The summed E-state index contributed by atoms with van der Waals surface area (Å²) >= 11 is 0. The van der Waals surface area contributed by atoms with E-state index in [2.05, 4.69) is 60.4 Å². The normalized spacial score (nSPS) is 11.6. The molecule has 0 aliphatic carbocycles. The Labute approximate surface area is 127 Å². The summed E-state index contributed by atoms with van der Waals surface area (Å²) in [5, 5.41) is 3.09. The van der Waals surface area contributed by atoms with E-state index in [1.165, 1.54) is 11.1 Å². The molecule has 2 aromatic carbocycles. The first-order valence-electron chi connectivity index (χ1n) is 7.08. The van der Waals surface area contributed by atoms with Gasteiger partial charge in [-0.05, 0) is 41.3 Å². The minimum absolute atomic E-state index is 1.01. The molecule has 0 radical (unpaired) electrons. The average molecular weight is 275 g/mol. The van der Waals surface area contributed by atoms with E-state index in [4.69, 9.17) is 0 Å². The Bertz CT molecular complexity index is 663. The van der Waals surface area contributed by atoms with Gasteiger partial charge in [0.1, 0.15) is 0 Å². The first-order chi connectivity index (χ1) is 10.2. The molecule has 21 heavy (non-hydrogen) atoms. The smallest absolute Gasteiger partial charge is 0.00724 e. The summed E-state index contributed by atoms with van der Waals surface area (Å²) in [5.41, 5.74) is 5.71. The Balaban J connectivity index is 2.20. The third-order valence-electron chi connectivity index (χ3n) is 3.38. The van der Waals surface area contributed by atoms with Crippen LogP contribution in [0.15, 0.2) is 85.1 Å². The SMILES string of the molecule is C=C(/C=C\C=C(\C)NC)c1cccc(-c2ccccc2)c1. The van der Waals surface area contributed by atoms with E-state index in [0.29, 0.717) is 0 Å². The van der Waals surface area contributed by atoms with Gasteiger partial charge in [-0.15, -0.1) is 0 Å². The van der Waals surface area contributed by atoms with Gasteiger partial charge in [0.25, 0.3) is 0 Å². The van der Waals surface area contributed by atoms with Gasteiger partial charge in [-0.25, -0.2) is 0 Å². The maximum absolute atomic E-state index is 4.15. The lowest BCUT2D eigenvalue weighted by molar-refractivity contribution is 0.990. The fraction of sp³-hybridized carbons (Fsp3) is 0.100. The summed E-state index contributed by atoms with van der Waals surface area (Å²) in [7, 11) is 1.91. The predicted octanol–water partition coefficient (Wildman–Crippen LogP) is 5.05. The van der Waals surface area contributed by atoms with Crippen LogP contribution < -0.4 is 5.32 Å². The summed E-state index contributed by atoms with van der Waals surface area (Å²) in [6.07, 6.45) is 6.08. The monoisotopic (exact) mass is 275 g/mol. The van der Waals surface area contributed by atoms with Crippen molar-refractivity contribution in [2.45, 2.75) is 6.92 Å². The van der Waals surface area contributed by atoms with Crippen LogP contribution in [0.5, 0.6) is 0 Å². The summed E-state index contributed by atoms with van der Waals surface area (Å²) in [6, 6.07) is 18.9. The average Bonchev–Trinajstić information content (AvgIpc) is 2.55. The zero-order valence-corrected chi connectivity index (χ0v) is 12.6. The fourth-order valence-electron chi connectivity index (χ4n) is 2.02. The van der Waals surface area contributed by atoms with Crippen molar-refractivity contribution >= 4 is 5.57 Å². The van der Waals surface area contributed by atoms with Crippen molar-refractivity contribution in [2.24, 2.45) is 0 Å². The summed E-state index contributed by atoms with van der Waals surface area (Å²) in [4.78, 5) is 0. The van der Waals surface area contributed by atoms with Crippen molar-refractivity contribution in [1.82, 2.24) is 5.32 Å². The zero-order chi connectivity index (χ0) is 15.1. The van der Waals surface area contributed by atoms with E-state index in [0.717, 1.165) is 16.8 Å². The summed E-state index contributed by atoms with van der Waals surface area (Å²) < 4.78 is 0. The largest absolute Gasteiger partial charge is 0.392 e. The minimum atomic E-state index is 1.01. The molecule has 2 aromatic rings. The number of allylic oxidation sites excluding steroid dienone is 5. The third kappa shape index (κ3) is 4.22. The van der Waals surface area contributed by atoms with Crippen molar-refractivity contribution < 1.29 is 0 Å². The standard InChI is InChI=1S/C20H21N/c1-16(9-7-10-17(2)21-3)19-13-8-14-20(15-19)18-11-5-4-6-12-18/h4-15,21H,1H2,2-3H3/b9-7-,17-10-. The number of hydrogen-bond acceptors (Lipinski definition) is 1.